The van der Waals surface area contributed by atoms with Crippen molar-refractivity contribution in [1.29, 1.82) is 0 Å². The maximum atomic E-state index is 12.1. The molecule has 1 saturated heterocycles. The minimum absolute atomic E-state index is 0.252. The van der Waals surface area contributed by atoms with Crippen molar-refractivity contribution in [1.82, 2.24) is 20.7 Å². The maximum Gasteiger partial charge on any atom is 0.361 e. The molecule has 1 aromatic heterocycles. The molecule has 2 atom stereocenters. The van der Waals surface area contributed by atoms with Crippen LogP contribution in [-0.2, 0) is 4.74 Å². The van der Waals surface area contributed by atoms with Crippen LogP contribution in [0, 0.1) is 5.92 Å². The predicted octanol–water partition coefficient (Wildman–Crippen LogP) is 1.47. The summed E-state index contributed by atoms with van der Waals surface area (Å²) in [4.78, 5) is 12.1. The third-order valence-electron chi connectivity index (χ3n) is 3.30. The second kappa shape index (κ2) is 5.28. The number of carbonyl (C=O) groups excluding carboxylic acids is 1. The Labute approximate surface area is 113 Å². The zero-order valence-corrected chi connectivity index (χ0v) is 12.0. The van der Waals surface area contributed by atoms with Gasteiger partial charge in [0.05, 0.1) is 0 Å². The van der Waals surface area contributed by atoms with Crippen molar-refractivity contribution in [2.45, 2.75) is 45.6 Å². The summed E-state index contributed by atoms with van der Waals surface area (Å²) < 4.78 is 5.37. The lowest BCUT2D eigenvalue weighted by Gasteiger charge is -2.28. The summed E-state index contributed by atoms with van der Waals surface area (Å²) in [5.74, 6) is 0.282. The Morgan fingerprint density at radius 2 is 2.11 bits per heavy atom. The van der Waals surface area contributed by atoms with Gasteiger partial charge >= 0.3 is 5.97 Å². The Morgan fingerprint density at radius 3 is 2.74 bits per heavy atom. The molecule has 0 bridgehead atoms. The molecular formula is C13H22N4O2. The number of hydrogen-bond acceptors (Lipinski definition) is 5. The summed E-state index contributed by atoms with van der Waals surface area (Å²) in [6, 6.07) is 0. The molecule has 2 N–H and O–H groups in total. The number of H-pyrrole nitrogens is 1. The summed E-state index contributed by atoms with van der Waals surface area (Å²) >= 11 is 0. The fourth-order valence-electron chi connectivity index (χ4n) is 2.39. The Kier molecular flexibility index (Phi) is 3.89. The largest absolute Gasteiger partial charge is 0.455 e. The molecule has 6 nitrogen and oxygen atoms in total. The van der Waals surface area contributed by atoms with Crippen LogP contribution in [0.4, 0.5) is 0 Å². The van der Waals surface area contributed by atoms with Gasteiger partial charge in [0.25, 0.3) is 0 Å². The third-order valence-corrected chi connectivity index (χ3v) is 3.30. The van der Waals surface area contributed by atoms with Gasteiger partial charge in [-0.3, -0.25) is 0 Å². The second-order valence-corrected chi connectivity index (χ2v) is 6.14. The molecule has 1 fully saturated rings. The van der Waals surface area contributed by atoms with Crippen LogP contribution in [0.3, 0.4) is 0 Å². The van der Waals surface area contributed by atoms with Crippen LogP contribution >= 0.6 is 0 Å². The number of nitrogens with zero attached hydrogens (tertiary/aromatic N) is 2. The van der Waals surface area contributed by atoms with Crippen molar-refractivity contribution in [2.75, 3.05) is 13.1 Å². The zero-order valence-electron chi connectivity index (χ0n) is 12.0. The molecular weight excluding hydrogens is 244 g/mol. The van der Waals surface area contributed by atoms with Crippen LogP contribution in [-0.4, -0.2) is 40.1 Å². The molecule has 2 heterocycles. The van der Waals surface area contributed by atoms with Crippen LogP contribution in [0.5, 0.6) is 0 Å². The highest BCUT2D eigenvalue weighted by atomic mass is 16.6. The van der Waals surface area contributed by atoms with Crippen molar-refractivity contribution in [3.05, 3.63) is 11.4 Å². The number of esters is 1. The third kappa shape index (κ3) is 3.32. The van der Waals surface area contributed by atoms with Crippen LogP contribution < -0.4 is 5.32 Å². The summed E-state index contributed by atoms with van der Waals surface area (Å²) in [5, 5.41) is 14.1. The van der Waals surface area contributed by atoms with E-state index in [1.165, 1.54) is 0 Å². The van der Waals surface area contributed by atoms with E-state index in [9.17, 15) is 4.79 Å². The average molecular weight is 266 g/mol. The van der Waals surface area contributed by atoms with Crippen LogP contribution in [0.1, 0.15) is 56.2 Å². The van der Waals surface area contributed by atoms with Crippen LogP contribution in [0.15, 0.2) is 0 Å². The number of carbonyl (C=O) groups is 1. The number of nitrogens with one attached hydrogen (secondary N) is 2. The summed E-state index contributed by atoms with van der Waals surface area (Å²) in [5.41, 5.74) is 0.546. The number of ether oxygens (including phenoxy) is 1. The molecule has 0 spiro atoms. The van der Waals surface area contributed by atoms with Gasteiger partial charge in [0, 0.05) is 5.92 Å². The topological polar surface area (TPSA) is 79.9 Å². The van der Waals surface area contributed by atoms with E-state index < -0.39 is 11.6 Å². The molecule has 0 amide bonds. The van der Waals surface area contributed by atoms with E-state index in [-0.39, 0.29) is 5.92 Å². The minimum atomic E-state index is -0.521. The first-order chi connectivity index (χ1) is 8.88. The first kappa shape index (κ1) is 14.0. The SMILES string of the molecule is CC1CNCCC1c1n[nH]nc1C(=O)OC(C)(C)C. The van der Waals surface area contributed by atoms with E-state index in [0.29, 0.717) is 11.6 Å². The summed E-state index contributed by atoms with van der Waals surface area (Å²) in [6.07, 6.45) is 0.962. The van der Waals surface area contributed by atoms with Crippen LogP contribution in [0.2, 0.25) is 0 Å². The van der Waals surface area contributed by atoms with Gasteiger partial charge in [-0.05, 0) is 46.2 Å². The molecule has 2 rings (SSSR count). The molecule has 2 unspecified atom stereocenters. The van der Waals surface area contributed by atoms with Crippen molar-refractivity contribution >= 4 is 5.97 Å². The highest BCUT2D eigenvalue weighted by Gasteiger charge is 2.31. The fraction of sp³-hybridized carbons (Fsp3) is 0.769. The van der Waals surface area contributed by atoms with Crippen molar-refractivity contribution in [3.63, 3.8) is 0 Å². The van der Waals surface area contributed by atoms with Gasteiger partial charge in [-0.1, -0.05) is 6.92 Å². The monoisotopic (exact) mass is 266 g/mol. The van der Waals surface area contributed by atoms with E-state index in [2.05, 4.69) is 27.7 Å². The molecule has 0 saturated carbocycles. The van der Waals surface area contributed by atoms with Crippen molar-refractivity contribution < 1.29 is 9.53 Å². The average Bonchev–Trinajstić information content (AvgIpc) is 2.76. The van der Waals surface area contributed by atoms with Crippen LogP contribution in [0.25, 0.3) is 0 Å². The molecule has 0 aliphatic carbocycles. The molecule has 19 heavy (non-hydrogen) atoms. The highest BCUT2D eigenvalue weighted by Crippen LogP contribution is 2.30. The molecule has 1 aliphatic rings. The van der Waals surface area contributed by atoms with Gasteiger partial charge in [0.15, 0.2) is 5.69 Å². The maximum absolute atomic E-state index is 12.1. The standard InChI is InChI=1S/C13H22N4O2/c1-8-7-14-6-5-9(8)10-11(16-17-15-10)12(18)19-13(2,3)4/h8-9,14H,5-7H2,1-4H3,(H,15,16,17). The van der Waals surface area contributed by atoms with E-state index in [0.717, 1.165) is 25.2 Å². The number of rotatable bonds is 2. The van der Waals surface area contributed by atoms with Gasteiger partial charge in [0.2, 0.25) is 0 Å². The fourth-order valence-corrected chi connectivity index (χ4v) is 2.39. The molecule has 1 aromatic rings. The first-order valence-corrected chi connectivity index (χ1v) is 6.73. The number of piperidine rings is 1. The van der Waals surface area contributed by atoms with E-state index in [1.807, 2.05) is 20.8 Å². The van der Waals surface area contributed by atoms with Crippen molar-refractivity contribution in [2.24, 2.45) is 5.92 Å². The lowest BCUT2D eigenvalue weighted by Crippen LogP contribution is -2.35. The molecule has 0 radical (unpaired) electrons. The lowest BCUT2D eigenvalue weighted by molar-refractivity contribution is 0.00604. The highest BCUT2D eigenvalue weighted by molar-refractivity contribution is 5.88. The van der Waals surface area contributed by atoms with Gasteiger partial charge in [-0.25, -0.2) is 4.79 Å². The normalized spacial score (nSPS) is 24.2. The summed E-state index contributed by atoms with van der Waals surface area (Å²) in [7, 11) is 0. The van der Waals surface area contributed by atoms with E-state index in [1.54, 1.807) is 0 Å². The van der Waals surface area contributed by atoms with Gasteiger partial charge in [0.1, 0.15) is 11.3 Å². The minimum Gasteiger partial charge on any atom is -0.455 e. The molecule has 6 heteroatoms. The lowest BCUT2D eigenvalue weighted by atomic mass is 9.84. The molecule has 0 aromatic carbocycles. The quantitative estimate of drug-likeness (QED) is 0.792. The Morgan fingerprint density at radius 1 is 1.37 bits per heavy atom. The number of hydrogen-bond donors (Lipinski definition) is 2. The van der Waals surface area contributed by atoms with Gasteiger partial charge < -0.3 is 10.1 Å². The first-order valence-electron chi connectivity index (χ1n) is 6.73. The Hall–Kier alpha value is -1.43. The Balaban J connectivity index is 2.19. The zero-order chi connectivity index (χ0) is 14.0. The van der Waals surface area contributed by atoms with E-state index in [4.69, 9.17) is 4.74 Å². The number of aromatic nitrogens is 3. The second-order valence-electron chi connectivity index (χ2n) is 6.14. The molecule has 1 aliphatic heterocycles. The van der Waals surface area contributed by atoms with E-state index >= 15 is 0 Å². The Bertz CT molecular complexity index is 450. The molecule has 106 valence electrons. The summed E-state index contributed by atoms with van der Waals surface area (Å²) in [6.45, 7) is 9.57. The van der Waals surface area contributed by atoms with Crippen molar-refractivity contribution in [3.8, 4) is 0 Å². The van der Waals surface area contributed by atoms with Gasteiger partial charge in [-0.2, -0.15) is 10.3 Å². The van der Waals surface area contributed by atoms with Gasteiger partial charge in [-0.15, -0.1) is 5.10 Å². The smallest absolute Gasteiger partial charge is 0.361 e. The number of aromatic amines is 1. The predicted molar refractivity (Wildman–Crippen MR) is 70.9 cm³/mol.